The van der Waals surface area contributed by atoms with Crippen molar-refractivity contribution >= 4 is 127 Å². The van der Waals surface area contributed by atoms with Crippen molar-refractivity contribution in [3.05, 3.63) is 184 Å². The molecule has 0 amide bonds. The summed E-state index contributed by atoms with van der Waals surface area (Å²) < 4.78 is 20.0. The van der Waals surface area contributed by atoms with Gasteiger partial charge in [-0.3, -0.25) is 10.1 Å². The summed E-state index contributed by atoms with van der Waals surface area (Å²) in [7, 11) is 0. The zero-order valence-electron chi connectivity index (χ0n) is 32.0. The van der Waals surface area contributed by atoms with E-state index in [1.807, 2.05) is 36.5 Å². The maximum absolute atomic E-state index is 11.0. The van der Waals surface area contributed by atoms with Crippen LogP contribution >= 0.6 is 61.2 Å². The molecule has 5 heterocycles. The van der Waals surface area contributed by atoms with Gasteiger partial charge in [-0.25, -0.2) is 19.2 Å². The number of halogens is 3. The zero-order valence-corrected chi connectivity index (χ0v) is 38.6. The van der Waals surface area contributed by atoms with E-state index in [4.69, 9.17) is 33.6 Å². The number of fused-ring (bicyclic) bond motifs is 5. The molecule has 0 unspecified atom stereocenters. The number of H-pyrrole nitrogens is 1. The van der Waals surface area contributed by atoms with E-state index in [1.165, 1.54) is 42.5 Å². The lowest BCUT2D eigenvalue weighted by molar-refractivity contribution is -0.385. The number of nitrogens with two attached hydrogens (primary N) is 1. The molecule has 0 radical (unpaired) electrons. The summed E-state index contributed by atoms with van der Waals surface area (Å²) >= 11 is 4.24. The molecule has 5 N–H and O–H groups in total. The van der Waals surface area contributed by atoms with Crippen LogP contribution in [0.3, 0.4) is 0 Å². The van der Waals surface area contributed by atoms with Crippen molar-refractivity contribution in [2.45, 2.75) is 19.8 Å². The minimum Gasteiger partial charge on any atom is -0.423 e. The van der Waals surface area contributed by atoms with Crippen LogP contribution in [0.5, 0.6) is 0 Å². The van der Waals surface area contributed by atoms with E-state index in [-0.39, 0.29) is 59.8 Å². The molecule has 0 fully saturated rings. The molecule has 0 atom stereocenters. The van der Waals surface area contributed by atoms with Gasteiger partial charge in [0.05, 0.1) is 4.92 Å². The molecular weight excluding hydrogens is 1130 g/mol. The number of benzene rings is 4. The molecule has 9 aromatic rings. The summed E-state index contributed by atoms with van der Waals surface area (Å²) in [6, 6.07) is 29.8. The molecule has 0 aliphatic carbocycles. The van der Waals surface area contributed by atoms with Crippen LogP contribution in [-0.4, -0.2) is 33.3 Å². The second kappa shape index (κ2) is 23.0. The Balaban J connectivity index is 0.000000176. The van der Waals surface area contributed by atoms with Gasteiger partial charge in [0.15, 0.2) is 0 Å². The maximum Gasteiger partial charge on any atom is 0.336 e. The molecule has 0 aliphatic heterocycles. The van der Waals surface area contributed by atoms with Crippen LogP contribution in [0.4, 0.5) is 11.4 Å². The van der Waals surface area contributed by atoms with Crippen molar-refractivity contribution in [1.82, 2.24) is 4.98 Å². The van der Waals surface area contributed by atoms with Crippen LogP contribution < -0.4 is 28.2 Å². The van der Waals surface area contributed by atoms with Gasteiger partial charge < -0.3 is 38.6 Å². The Morgan fingerprint density at radius 1 is 0.607 bits per heavy atom. The third kappa shape index (κ3) is 13.0. The SMILES string of the molecule is Cc1cc2oc(=O)ccc2cc1[N+](=O)[O-].I.II.Nc1cc2ccc(=O)oc2cc1CCO.O=c1ccc2cc3[nH]ccc3cc2o1.O=c1ccc2ccc(CCO)cc2o1. The summed E-state index contributed by atoms with van der Waals surface area (Å²) in [5.74, 6) is 0. The quantitative estimate of drug-likeness (QED) is 0.0414. The van der Waals surface area contributed by atoms with Crippen LogP contribution in [0, 0.1) is 17.0 Å². The minimum absolute atomic E-state index is 0. The van der Waals surface area contributed by atoms with Crippen molar-refractivity contribution in [3.8, 4) is 0 Å². The minimum atomic E-state index is -0.462. The molecule has 0 saturated heterocycles. The van der Waals surface area contributed by atoms with Crippen molar-refractivity contribution in [2.75, 3.05) is 18.9 Å². The highest BCUT2D eigenvalue weighted by atomic mass is 128. The molecule has 0 aliphatic rings. The number of aliphatic hydroxyl groups excluding tert-OH is 2. The van der Waals surface area contributed by atoms with E-state index in [0.29, 0.717) is 51.8 Å². The number of aliphatic hydroxyl groups is 2. The van der Waals surface area contributed by atoms with E-state index in [1.54, 1.807) is 43.3 Å². The van der Waals surface area contributed by atoms with Crippen LogP contribution in [0.15, 0.2) is 152 Å². The molecule has 316 valence electrons. The topological polar surface area (TPSA) is 246 Å². The van der Waals surface area contributed by atoms with Gasteiger partial charge in [-0.1, -0.05) is 12.1 Å². The van der Waals surface area contributed by atoms with Crippen LogP contribution in [-0.2, 0) is 12.8 Å². The molecule has 4 aromatic carbocycles. The number of anilines is 1. The molecule has 61 heavy (non-hydrogen) atoms. The predicted molar refractivity (Wildman–Crippen MR) is 263 cm³/mol. The Bertz CT molecular complexity index is 3180. The number of aromatic nitrogens is 1. The van der Waals surface area contributed by atoms with Crippen molar-refractivity contribution in [2.24, 2.45) is 0 Å². The van der Waals surface area contributed by atoms with Crippen molar-refractivity contribution < 1.29 is 32.8 Å². The summed E-state index contributed by atoms with van der Waals surface area (Å²) in [4.78, 5) is 57.1. The van der Waals surface area contributed by atoms with Crippen LogP contribution in [0.2, 0.25) is 0 Å². The third-order valence-corrected chi connectivity index (χ3v) is 8.78. The maximum atomic E-state index is 11.0. The number of nitro benzene ring substituents is 1. The van der Waals surface area contributed by atoms with E-state index < -0.39 is 10.5 Å². The van der Waals surface area contributed by atoms with Crippen molar-refractivity contribution in [1.29, 1.82) is 0 Å². The Kier molecular flexibility index (Phi) is 18.2. The lowest BCUT2D eigenvalue weighted by Crippen LogP contribution is -2.00. The number of nitrogen functional groups attached to an aromatic ring is 1. The lowest BCUT2D eigenvalue weighted by atomic mass is 10.1. The summed E-state index contributed by atoms with van der Waals surface area (Å²) in [5, 5.41) is 32.4. The predicted octanol–water partition coefficient (Wildman–Crippen LogP) is 8.91. The number of rotatable bonds is 5. The number of aromatic amines is 1. The number of nitro groups is 1. The number of nitrogens with zero attached hydrogens (tertiary/aromatic N) is 1. The first-order valence-corrected chi connectivity index (χ1v) is 24.1. The second-order valence-corrected chi connectivity index (χ2v) is 12.8. The lowest BCUT2D eigenvalue weighted by Gasteiger charge is -2.05. The molecule has 0 saturated carbocycles. The Labute approximate surface area is 384 Å². The van der Waals surface area contributed by atoms with E-state index >= 15 is 0 Å². The number of aryl methyl sites for hydroxylation is 1. The Hall–Kier alpha value is -5.43. The first-order valence-electron chi connectivity index (χ1n) is 17.8. The average Bonchev–Trinajstić information content (AvgIpc) is 3.69. The van der Waals surface area contributed by atoms with Gasteiger partial charge in [0.25, 0.3) is 5.69 Å². The number of hydrogen-bond acceptors (Lipinski definition) is 13. The summed E-state index contributed by atoms with van der Waals surface area (Å²) in [6.45, 7) is 1.72. The van der Waals surface area contributed by atoms with E-state index in [0.717, 1.165) is 38.2 Å². The Morgan fingerprint density at radius 2 is 1.08 bits per heavy atom. The van der Waals surface area contributed by atoms with Gasteiger partial charge in [-0.2, -0.15) is 0 Å². The fourth-order valence-electron chi connectivity index (χ4n) is 5.92. The normalized spacial score (nSPS) is 10.3. The average molecular weight is 1170 g/mol. The second-order valence-electron chi connectivity index (χ2n) is 12.8. The first kappa shape index (κ1) is 48.2. The summed E-state index contributed by atoms with van der Waals surface area (Å²) in [6.07, 6.45) is 2.90. The number of nitrogens with one attached hydrogen (secondary N) is 1. The molecule has 5 aromatic heterocycles. The van der Waals surface area contributed by atoms with Crippen LogP contribution in [0.25, 0.3) is 54.8 Å². The van der Waals surface area contributed by atoms with Gasteiger partial charge in [-0.05, 0) is 97.6 Å². The molecule has 0 bridgehead atoms. The van der Waals surface area contributed by atoms with Gasteiger partial charge >= 0.3 is 22.5 Å². The molecular formula is C43H36I3N3O12. The monoisotopic (exact) mass is 1170 g/mol. The van der Waals surface area contributed by atoms with E-state index in [9.17, 15) is 29.3 Å². The Morgan fingerprint density at radius 3 is 1.64 bits per heavy atom. The molecule has 15 nitrogen and oxygen atoms in total. The highest BCUT2D eigenvalue weighted by molar-refractivity contribution is 15.0. The van der Waals surface area contributed by atoms with Gasteiger partial charge in [0.1, 0.15) is 22.3 Å². The fraction of sp³-hybridized carbons (Fsp3) is 0.116. The highest BCUT2D eigenvalue weighted by Gasteiger charge is 2.12. The smallest absolute Gasteiger partial charge is 0.336 e. The largest absolute Gasteiger partial charge is 0.423 e. The van der Waals surface area contributed by atoms with Crippen molar-refractivity contribution in [3.63, 3.8) is 0 Å². The highest BCUT2D eigenvalue weighted by Crippen LogP contribution is 2.25. The molecule has 18 heteroatoms. The molecule has 9 rings (SSSR count). The zero-order chi connectivity index (χ0) is 43.3. The van der Waals surface area contributed by atoms with Gasteiger partial charge in [0.2, 0.25) is 0 Å². The summed E-state index contributed by atoms with van der Waals surface area (Å²) in [5.41, 5.74) is 10.2. The van der Waals surface area contributed by atoms with E-state index in [2.05, 4.69) is 42.2 Å². The van der Waals surface area contributed by atoms with Crippen LogP contribution in [0.1, 0.15) is 16.7 Å². The molecule has 0 spiro atoms. The number of hydrogen-bond donors (Lipinski definition) is 4. The standard InChI is InChI=1S/C11H11NO3.C11H7NO2.C11H10O3.C10H7NO4.I2.HI/c12-9-5-8-1-2-11(14)15-10(8)6-7(9)3-4-13;13-11-2-1-8-5-9-7(3-4-12-9)6-10(8)14-11;12-6-5-8-1-2-9-3-4-11(13)14-10(9)7-8;1-6-4-9-7(2-3-10(12)15-9)5-8(6)11(13)14;1-2;/h1-2,5-6,13H,3-4,12H2;1-6,12H;1-4,7,12H,5-6H2;2-5H,1H3;;1H. The van der Waals surface area contributed by atoms with Gasteiger partial charge in [-0.15, -0.1) is 24.0 Å². The van der Waals surface area contributed by atoms with Gasteiger partial charge in [0, 0.05) is 131 Å². The fourth-order valence-corrected chi connectivity index (χ4v) is 5.92. The third-order valence-electron chi connectivity index (χ3n) is 8.78. The first-order chi connectivity index (χ1) is 28.9.